The lowest BCUT2D eigenvalue weighted by molar-refractivity contribution is -0.118. The first-order chi connectivity index (χ1) is 9.95. The largest absolute Gasteiger partial charge is 0.504 e. The molecule has 2 aromatic carbocycles. The zero-order chi connectivity index (χ0) is 15.4. The average molecular weight is 347 g/mol. The van der Waals surface area contributed by atoms with E-state index in [4.69, 9.17) is 39.5 Å². The minimum absolute atomic E-state index is 0.0522. The SMILES string of the molecule is O=C(COc1ccc(Cl)cc1)Nc1cc(Cl)cc(Cl)c1O. The van der Waals surface area contributed by atoms with Crippen molar-refractivity contribution >= 4 is 46.4 Å². The smallest absolute Gasteiger partial charge is 0.262 e. The van der Waals surface area contributed by atoms with E-state index in [2.05, 4.69) is 5.32 Å². The van der Waals surface area contributed by atoms with Crippen molar-refractivity contribution < 1.29 is 14.6 Å². The highest BCUT2D eigenvalue weighted by atomic mass is 35.5. The number of carbonyl (C=O) groups is 1. The predicted octanol–water partition coefficient (Wildman–Crippen LogP) is 4.37. The molecule has 0 atom stereocenters. The van der Waals surface area contributed by atoms with Crippen LogP contribution in [-0.2, 0) is 4.79 Å². The first-order valence-electron chi connectivity index (χ1n) is 5.82. The molecule has 0 radical (unpaired) electrons. The number of aromatic hydroxyl groups is 1. The monoisotopic (exact) mass is 345 g/mol. The Morgan fingerprint density at radius 2 is 1.76 bits per heavy atom. The molecule has 0 saturated heterocycles. The Kier molecular flexibility index (Phi) is 5.17. The Labute approximate surface area is 136 Å². The Morgan fingerprint density at radius 3 is 2.43 bits per heavy atom. The molecule has 0 aliphatic rings. The highest BCUT2D eigenvalue weighted by Crippen LogP contribution is 2.34. The molecular weight excluding hydrogens is 337 g/mol. The van der Waals surface area contributed by atoms with Gasteiger partial charge in [0.1, 0.15) is 5.75 Å². The van der Waals surface area contributed by atoms with E-state index in [1.807, 2.05) is 0 Å². The summed E-state index contributed by atoms with van der Waals surface area (Å²) in [6, 6.07) is 9.35. The number of anilines is 1. The third-order valence-electron chi connectivity index (χ3n) is 2.49. The molecule has 2 aromatic rings. The van der Waals surface area contributed by atoms with Crippen molar-refractivity contribution in [1.29, 1.82) is 0 Å². The number of benzene rings is 2. The van der Waals surface area contributed by atoms with Gasteiger partial charge in [-0.1, -0.05) is 34.8 Å². The van der Waals surface area contributed by atoms with E-state index in [1.54, 1.807) is 24.3 Å². The number of carbonyl (C=O) groups excluding carboxylic acids is 1. The maximum absolute atomic E-state index is 11.8. The number of hydrogen-bond acceptors (Lipinski definition) is 3. The van der Waals surface area contributed by atoms with Crippen LogP contribution < -0.4 is 10.1 Å². The second kappa shape index (κ2) is 6.89. The average Bonchev–Trinajstić information content (AvgIpc) is 2.43. The van der Waals surface area contributed by atoms with Crippen molar-refractivity contribution in [2.45, 2.75) is 0 Å². The van der Waals surface area contributed by atoms with E-state index in [1.165, 1.54) is 12.1 Å². The maximum Gasteiger partial charge on any atom is 0.262 e. The van der Waals surface area contributed by atoms with Gasteiger partial charge in [0, 0.05) is 10.0 Å². The summed E-state index contributed by atoms with van der Waals surface area (Å²) in [4.78, 5) is 11.8. The van der Waals surface area contributed by atoms with Crippen molar-refractivity contribution in [2.75, 3.05) is 11.9 Å². The summed E-state index contributed by atoms with van der Waals surface area (Å²) in [6.45, 7) is -0.231. The zero-order valence-electron chi connectivity index (χ0n) is 10.6. The first-order valence-corrected chi connectivity index (χ1v) is 6.95. The molecule has 4 nitrogen and oxygen atoms in total. The number of halogens is 3. The van der Waals surface area contributed by atoms with Crippen LogP contribution in [-0.4, -0.2) is 17.6 Å². The van der Waals surface area contributed by atoms with E-state index in [9.17, 15) is 9.90 Å². The standard InChI is InChI=1S/C14H10Cl3NO3/c15-8-1-3-10(4-2-8)21-7-13(19)18-12-6-9(16)5-11(17)14(12)20/h1-6,20H,7H2,(H,18,19). The lowest BCUT2D eigenvalue weighted by Gasteiger charge is -2.10. The molecular formula is C14H10Cl3NO3. The second-order valence-electron chi connectivity index (χ2n) is 4.07. The molecule has 2 rings (SSSR count). The minimum Gasteiger partial charge on any atom is -0.504 e. The molecule has 0 saturated carbocycles. The lowest BCUT2D eigenvalue weighted by atomic mass is 10.3. The molecule has 110 valence electrons. The van der Waals surface area contributed by atoms with E-state index in [0.29, 0.717) is 15.8 Å². The third kappa shape index (κ3) is 4.43. The number of ether oxygens (including phenoxy) is 1. The van der Waals surface area contributed by atoms with Crippen LogP contribution in [0.25, 0.3) is 0 Å². The van der Waals surface area contributed by atoms with Crippen molar-refractivity contribution in [2.24, 2.45) is 0 Å². The fraction of sp³-hybridized carbons (Fsp3) is 0.0714. The summed E-state index contributed by atoms with van der Waals surface area (Å²) >= 11 is 17.3. The van der Waals surface area contributed by atoms with E-state index in [0.717, 1.165) is 0 Å². The lowest BCUT2D eigenvalue weighted by Crippen LogP contribution is -2.20. The van der Waals surface area contributed by atoms with Crippen LogP contribution in [0.3, 0.4) is 0 Å². The van der Waals surface area contributed by atoms with Gasteiger partial charge in [0.25, 0.3) is 5.91 Å². The van der Waals surface area contributed by atoms with Gasteiger partial charge >= 0.3 is 0 Å². The van der Waals surface area contributed by atoms with Crippen LogP contribution in [0, 0.1) is 0 Å². The normalized spacial score (nSPS) is 10.2. The number of phenols is 1. The molecule has 2 N–H and O–H groups in total. The van der Waals surface area contributed by atoms with E-state index < -0.39 is 5.91 Å². The summed E-state index contributed by atoms with van der Waals surface area (Å²) < 4.78 is 5.28. The van der Waals surface area contributed by atoms with E-state index in [-0.39, 0.29) is 23.1 Å². The van der Waals surface area contributed by atoms with Gasteiger partial charge in [0.2, 0.25) is 0 Å². The van der Waals surface area contributed by atoms with Crippen molar-refractivity contribution in [3.05, 3.63) is 51.5 Å². The molecule has 1 amide bonds. The predicted molar refractivity (Wildman–Crippen MR) is 83.7 cm³/mol. The van der Waals surface area contributed by atoms with E-state index >= 15 is 0 Å². The van der Waals surface area contributed by atoms with Crippen LogP contribution in [0.15, 0.2) is 36.4 Å². The van der Waals surface area contributed by atoms with Crippen molar-refractivity contribution in [1.82, 2.24) is 0 Å². The van der Waals surface area contributed by atoms with Crippen molar-refractivity contribution in [3.63, 3.8) is 0 Å². The Balaban J connectivity index is 1.97. The summed E-state index contributed by atoms with van der Waals surface area (Å²) in [5.41, 5.74) is 0.122. The van der Waals surface area contributed by atoms with Crippen LogP contribution in [0.5, 0.6) is 11.5 Å². The topological polar surface area (TPSA) is 58.6 Å². The van der Waals surface area contributed by atoms with Gasteiger partial charge in [-0.15, -0.1) is 0 Å². The molecule has 0 aromatic heterocycles. The summed E-state index contributed by atoms with van der Waals surface area (Å²) in [5, 5.41) is 13.1. The third-order valence-corrected chi connectivity index (χ3v) is 3.24. The minimum atomic E-state index is -0.460. The highest BCUT2D eigenvalue weighted by molar-refractivity contribution is 6.36. The van der Waals surface area contributed by atoms with Gasteiger partial charge in [-0.2, -0.15) is 0 Å². The van der Waals surface area contributed by atoms with Gasteiger partial charge < -0.3 is 15.2 Å². The molecule has 0 spiro atoms. The van der Waals surface area contributed by atoms with Crippen molar-refractivity contribution in [3.8, 4) is 11.5 Å². The van der Waals surface area contributed by atoms with Crippen LogP contribution in [0.4, 0.5) is 5.69 Å². The first kappa shape index (κ1) is 15.8. The summed E-state index contributed by atoms with van der Waals surface area (Å²) in [5.74, 6) is -0.206. The summed E-state index contributed by atoms with van der Waals surface area (Å²) in [7, 11) is 0. The number of rotatable bonds is 4. The Hall–Kier alpha value is -1.62. The molecule has 21 heavy (non-hydrogen) atoms. The molecule has 0 aliphatic heterocycles. The van der Waals surface area contributed by atoms with Crippen LogP contribution in [0.2, 0.25) is 15.1 Å². The number of nitrogens with one attached hydrogen (secondary N) is 1. The van der Waals surface area contributed by atoms with Gasteiger partial charge in [-0.25, -0.2) is 0 Å². The Morgan fingerprint density at radius 1 is 1.10 bits per heavy atom. The summed E-state index contributed by atoms with van der Waals surface area (Å²) in [6.07, 6.45) is 0. The number of hydrogen-bond donors (Lipinski definition) is 2. The molecule has 0 aliphatic carbocycles. The quantitative estimate of drug-likeness (QED) is 0.808. The molecule has 0 bridgehead atoms. The molecule has 0 unspecified atom stereocenters. The molecule has 0 fully saturated rings. The van der Waals surface area contributed by atoms with Gasteiger partial charge in [0.15, 0.2) is 12.4 Å². The van der Waals surface area contributed by atoms with Gasteiger partial charge in [0.05, 0.1) is 10.7 Å². The Bertz CT molecular complexity index is 659. The fourth-order valence-corrected chi connectivity index (χ4v) is 2.15. The maximum atomic E-state index is 11.8. The zero-order valence-corrected chi connectivity index (χ0v) is 12.8. The number of phenolic OH excluding ortho intramolecular Hbond substituents is 1. The van der Waals surface area contributed by atoms with Crippen LogP contribution in [0.1, 0.15) is 0 Å². The highest BCUT2D eigenvalue weighted by Gasteiger charge is 2.11. The fourth-order valence-electron chi connectivity index (χ4n) is 1.53. The molecule has 7 heteroatoms. The van der Waals surface area contributed by atoms with Gasteiger partial charge in [-0.3, -0.25) is 4.79 Å². The number of amides is 1. The van der Waals surface area contributed by atoms with Crippen LogP contribution >= 0.6 is 34.8 Å². The molecule has 0 heterocycles. The second-order valence-corrected chi connectivity index (χ2v) is 5.35. The van der Waals surface area contributed by atoms with Gasteiger partial charge in [-0.05, 0) is 36.4 Å².